The van der Waals surface area contributed by atoms with Gasteiger partial charge in [0.2, 0.25) is 0 Å². The van der Waals surface area contributed by atoms with Crippen LogP contribution >= 0.6 is 12.4 Å². The minimum absolute atomic E-state index is 0. The van der Waals surface area contributed by atoms with Gasteiger partial charge in [0.1, 0.15) is 5.54 Å². The molecule has 0 radical (unpaired) electrons. The van der Waals surface area contributed by atoms with Crippen molar-refractivity contribution in [2.75, 3.05) is 0 Å². The number of nitrogens with two attached hydrogens (primary N) is 1. The van der Waals surface area contributed by atoms with Crippen LogP contribution in [0.2, 0.25) is 0 Å². The summed E-state index contributed by atoms with van der Waals surface area (Å²) in [6.07, 6.45) is 8.43. The molecule has 0 aromatic carbocycles. The number of nitriles is 1. The number of rotatable bonds is 1. The SMILES string of the molecule is CCC1C=CC=CC1(N)C#N.Cl. The largest absolute Gasteiger partial charge is 0.310 e. The second-order valence-corrected chi connectivity index (χ2v) is 2.80. The molecule has 0 bridgehead atoms. The fraction of sp³-hybridized carbons (Fsp3) is 0.444. The molecule has 2 atom stereocenters. The maximum absolute atomic E-state index is 8.79. The summed E-state index contributed by atoms with van der Waals surface area (Å²) in [4.78, 5) is 0. The highest BCUT2D eigenvalue weighted by atomic mass is 35.5. The molecule has 3 heteroatoms. The summed E-state index contributed by atoms with van der Waals surface area (Å²) >= 11 is 0. The quantitative estimate of drug-likeness (QED) is 0.676. The van der Waals surface area contributed by atoms with Gasteiger partial charge in [-0.2, -0.15) is 5.26 Å². The summed E-state index contributed by atoms with van der Waals surface area (Å²) in [6, 6.07) is 2.12. The van der Waals surface area contributed by atoms with Crippen molar-refractivity contribution in [1.82, 2.24) is 0 Å². The van der Waals surface area contributed by atoms with E-state index in [1.54, 1.807) is 6.08 Å². The number of nitrogens with zero attached hydrogens (tertiary/aromatic N) is 1. The molecule has 12 heavy (non-hydrogen) atoms. The third kappa shape index (κ3) is 1.88. The van der Waals surface area contributed by atoms with Gasteiger partial charge in [-0.15, -0.1) is 12.4 Å². The topological polar surface area (TPSA) is 49.8 Å². The molecule has 1 rings (SSSR count). The van der Waals surface area contributed by atoms with E-state index in [1.807, 2.05) is 25.2 Å². The Balaban J connectivity index is 0.00000121. The van der Waals surface area contributed by atoms with E-state index in [1.165, 1.54) is 0 Å². The predicted octanol–water partition coefficient (Wildman–Crippen LogP) is 1.78. The van der Waals surface area contributed by atoms with Gasteiger partial charge >= 0.3 is 0 Å². The summed E-state index contributed by atoms with van der Waals surface area (Å²) in [5.41, 5.74) is 5.04. The molecule has 0 aromatic heterocycles. The summed E-state index contributed by atoms with van der Waals surface area (Å²) in [6.45, 7) is 2.03. The maximum Gasteiger partial charge on any atom is 0.129 e. The molecule has 0 amide bonds. The van der Waals surface area contributed by atoms with Crippen LogP contribution in [0.15, 0.2) is 24.3 Å². The Labute approximate surface area is 79.2 Å². The maximum atomic E-state index is 8.79. The van der Waals surface area contributed by atoms with Crippen molar-refractivity contribution in [1.29, 1.82) is 5.26 Å². The Bertz CT molecular complexity index is 239. The second-order valence-electron chi connectivity index (χ2n) is 2.80. The van der Waals surface area contributed by atoms with E-state index >= 15 is 0 Å². The predicted molar refractivity (Wildman–Crippen MR) is 51.8 cm³/mol. The lowest BCUT2D eigenvalue weighted by molar-refractivity contribution is 0.466. The minimum atomic E-state index is -0.774. The van der Waals surface area contributed by atoms with Gasteiger partial charge in [-0.3, -0.25) is 0 Å². The van der Waals surface area contributed by atoms with Crippen LogP contribution in [-0.4, -0.2) is 5.54 Å². The van der Waals surface area contributed by atoms with Crippen LogP contribution in [-0.2, 0) is 0 Å². The van der Waals surface area contributed by atoms with Crippen LogP contribution in [0.4, 0.5) is 0 Å². The molecule has 2 N–H and O–H groups in total. The molecule has 0 saturated carbocycles. The first-order valence-corrected chi connectivity index (χ1v) is 3.79. The first-order valence-electron chi connectivity index (χ1n) is 3.79. The van der Waals surface area contributed by atoms with E-state index in [-0.39, 0.29) is 18.3 Å². The van der Waals surface area contributed by atoms with Crippen molar-refractivity contribution >= 4 is 12.4 Å². The van der Waals surface area contributed by atoms with Crippen LogP contribution in [0.25, 0.3) is 0 Å². The van der Waals surface area contributed by atoms with Crippen LogP contribution < -0.4 is 5.73 Å². The highest BCUT2D eigenvalue weighted by Crippen LogP contribution is 2.23. The van der Waals surface area contributed by atoms with E-state index < -0.39 is 5.54 Å². The molecular formula is C9H13ClN2. The van der Waals surface area contributed by atoms with E-state index in [2.05, 4.69) is 6.07 Å². The molecule has 1 aliphatic rings. The zero-order valence-electron chi connectivity index (χ0n) is 7.03. The highest BCUT2D eigenvalue weighted by Gasteiger charge is 2.30. The highest BCUT2D eigenvalue weighted by molar-refractivity contribution is 5.85. The molecule has 0 heterocycles. The third-order valence-corrected chi connectivity index (χ3v) is 2.07. The molecular weight excluding hydrogens is 172 g/mol. The normalized spacial score (nSPS) is 32.2. The van der Waals surface area contributed by atoms with Gasteiger partial charge in [-0.25, -0.2) is 0 Å². The number of hydrogen-bond donors (Lipinski definition) is 1. The van der Waals surface area contributed by atoms with Crippen LogP contribution in [0.1, 0.15) is 13.3 Å². The Morgan fingerprint density at radius 1 is 1.58 bits per heavy atom. The van der Waals surface area contributed by atoms with E-state index in [0.29, 0.717) is 0 Å². The minimum Gasteiger partial charge on any atom is -0.310 e. The zero-order chi connectivity index (χ0) is 8.32. The summed E-state index contributed by atoms with van der Waals surface area (Å²) in [7, 11) is 0. The van der Waals surface area contributed by atoms with E-state index in [0.717, 1.165) is 6.42 Å². The first kappa shape index (κ1) is 11.2. The standard InChI is InChI=1S/C9H12N2.ClH/c1-2-8-5-3-4-6-9(8,11)7-10;/h3-6,8H,2,11H2,1H3;1H. The zero-order valence-corrected chi connectivity index (χ0v) is 7.84. The van der Waals surface area contributed by atoms with Gasteiger partial charge in [0.25, 0.3) is 0 Å². The fourth-order valence-corrected chi connectivity index (χ4v) is 1.29. The van der Waals surface area contributed by atoms with Gasteiger partial charge in [0.15, 0.2) is 0 Å². The Kier molecular flexibility index (Phi) is 4.02. The number of allylic oxidation sites excluding steroid dienone is 2. The molecule has 0 aliphatic heterocycles. The third-order valence-electron chi connectivity index (χ3n) is 2.07. The number of halogens is 1. The van der Waals surface area contributed by atoms with Crippen LogP contribution in [0.5, 0.6) is 0 Å². The summed E-state index contributed by atoms with van der Waals surface area (Å²) in [5, 5.41) is 8.79. The van der Waals surface area contributed by atoms with Crippen LogP contribution in [0.3, 0.4) is 0 Å². The molecule has 1 aliphatic carbocycles. The lowest BCUT2D eigenvalue weighted by Gasteiger charge is -2.26. The molecule has 2 unspecified atom stereocenters. The van der Waals surface area contributed by atoms with Gasteiger partial charge in [-0.05, 0) is 12.5 Å². The summed E-state index contributed by atoms with van der Waals surface area (Å²) in [5.74, 6) is 0.164. The van der Waals surface area contributed by atoms with E-state index in [9.17, 15) is 0 Å². The Hall–Kier alpha value is -0.780. The van der Waals surface area contributed by atoms with Crippen molar-refractivity contribution in [3.05, 3.63) is 24.3 Å². The lowest BCUT2D eigenvalue weighted by Crippen LogP contribution is -2.43. The van der Waals surface area contributed by atoms with Crippen molar-refractivity contribution in [2.45, 2.75) is 18.9 Å². The van der Waals surface area contributed by atoms with Gasteiger partial charge < -0.3 is 5.73 Å². The summed E-state index contributed by atoms with van der Waals surface area (Å²) < 4.78 is 0. The van der Waals surface area contributed by atoms with Crippen molar-refractivity contribution < 1.29 is 0 Å². The molecule has 0 aromatic rings. The smallest absolute Gasteiger partial charge is 0.129 e. The van der Waals surface area contributed by atoms with Crippen molar-refractivity contribution in [2.24, 2.45) is 11.7 Å². The molecule has 0 fully saturated rings. The Morgan fingerprint density at radius 2 is 2.25 bits per heavy atom. The first-order chi connectivity index (χ1) is 5.23. The van der Waals surface area contributed by atoms with Crippen molar-refractivity contribution in [3.8, 4) is 6.07 Å². The average Bonchev–Trinajstić information content (AvgIpc) is 2.05. The molecule has 2 nitrogen and oxygen atoms in total. The number of hydrogen-bond acceptors (Lipinski definition) is 2. The average molecular weight is 185 g/mol. The van der Waals surface area contributed by atoms with Gasteiger partial charge in [-0.1, -0.05) is 25.2 Å². The molecule has 66 valence electrons. The van der Waals surface area contributed by atoms with Gasteiger partial charge in [0.05, 0.1) is 6.07 Å². The molecule has 0 spiro atoms. The second kappa shape index (κ2) is 4.30. The lowest BCUT2D eigenvalue weighted by atomic mass is 9.81. The van der Waals surface area contributed by atoms with Gasteiger partial charge in [0, 0.05) is 5.92 Å². The van der Waals surface area contributed by atoms with E-state index in [4.69, 9.17) is 11.0 Å². The Morgan fingerprint density at radius 3 is 2.67 bits per heavy atom. The monoisotopic (exact) mass is 184 g/mol. The van der Waals surface area contributed by atoms with Crippen LogP contribution in [0, 0.1) is 17.2 Å². The van der Waals surface area contributed by atoms with Crippen molar-refractivity contribution in [3.63, 3.8) is 0 Å². The fourth-order valence-electron chi connectivity index (χ4n) is 1.29. The molecule has 0 saturated heterocycles.